The Morgan fingerprint density at radius 3 is 2.96 bits per heavy atom. The SMILES string of the molecule is CCOC(=O)[C@@H]1[C@@H](O)CCN1c1cc(-n2ccnc2)c2ccc(C)c(Cl)c2n1. The maximum absolute atomic E-state index is 12.4. The van der Waals surface area contributed by atoms with Crippen LogP contribution in [0.3, 0.4) is 0 Å². The third-order valence-electron chi connectivity index (χ3n) is 5.05. The molecule has 1 aliphatic rings. The van der Waals surface area contributed by atoms with Gasteiger partial charge in [-0.2, -0.15) is 0 Å². The Hall–Kier alpha value is -2.64. The summed E-state index contributed by atoms with van der Waals surface area (Å²) in [5, 5.41) is 11.8. The largest absolute Gasteiger partial charge is 0.464 e. The molecule has 7 nitrogen and oxygen atoms in total. The minimum Gasteiger partial charge on any atom is -0.464 e. The van der Waals surface area contributed by atoms with Gasteiger partial charge in [0.2, 0.25) is 0 Å². The second-order valence-corrected chi connectivity index (χ2v) is 7.19. The number of halogens is 1. The van der Waals surface area contributed by atoms with Gasteiger partial charge in [-0.15, -0.1) is 0 Å². The Labute approximate surface area is 167 Å². The molecule has 0 amide bonds. The number of hydrogen-bond acceptors (Lipinski definition) is 6. The van der Waals surface area contributed by atoms with Gasteiger partial charge in [0.25, 0.3) is 0 Å². The number of aryl methyl sites for hydroxylation is 1. The maximum atomic E-state index is 12.4. The Bertz CT molecular complexity index is 1020. The van der Waals surface area contributed by atoms with Crippen molar-refractivity contribution in [2.75, 3.05) is 18.1 Å². The van der Waals surface area contributed by atoms with Crippen LogP contribution >= 0.6 is 11.6 Å². The van der Waals surface area contributed by atoms with Crippen LogP contribution in [0, 0.1) is 6.92 Å². The number of benzene rings is 1. The molecule has 146 valence electrons. The number of nitrogens with zero attached hydrogens (tertiary/aromatic N) is 4. The van der Waals surface area contributed by atoms with Crippen molar-refractivity contribution in [3.05, 3.63) is 47.5 Å². The van der Waals surface area contributed by atoms with Gasteiger partial charge in [0.1, 0.15) is 5.82 Å². The zero-order valence-corrected chi connectivity index (χ0v) is 16.4. The first-order valence-corrected chi connectivity index (χ1v) is 9.58. The monoisotopic (exact) mass is 400 g/mol. The van der Waals surface area contributed by atoms with Crippen molar-refractivity contribution in [3.63, 3.8) is 0 Å². The summed E-state index contributed by atoms with van der Waals surface area (Å²) in [6.45, 7) is 4.42. The number of hydrogen-bond donors (Lipinski definition) is 1. The van der Waals surface area contributed by atoms with E-state index in [2.05, 4.69) is 4.98 Å². The predicted octanol–water partition coefficient (Wildman–Crippen LogP) is 2.89. The quantitative estimate of drug-likeness (QED) is 0.678. The van der Waals surface area contributed by atoms with Crippen molar-refractivity contribution in [1.29, 1.82) is 0 Å². The van der Waals surface area contributed by atoms with E-state index in [9.17, 15) is 9.90 Å². The fourth-order valence-corrected chi connectivity index (χ4v) is 3.84. The first-order chi connectivity index (χ1) is 13.5. The number of ether oxygens (including phenoxy) is 1. The lowest BCUT2D eigenvalue weighted by Crippen LogP contribution is -2.43. The molecule has 28 heavy (non-hydrogen) atoms. The zero-order valence-electron chi connectivity index (χ0n) is 15.7. The summed E-state index contributed by atoms with van der Waals surface area (Å²) in [5.41, 5.74) is 2.41. The molecular formula is C20H21ClN4O3. The molecule has 0 spiro atoms. The summed E-state index contributed by atoms with van der Waals surface area (Å²) in [5.74, 6) is 0.118. The number of carbonyl (C=O) groups excluding carboxylic acids is 1. The van der Waals surface area contributed by atoms with Crippen molar-refractivity contribution in [3.8, 4) is 5.69 Å². The number of anilines is 1. The highest BCUT2D eigenvalue weighted by Crippen LogP contribution is 2.34. The van der Waals surface area contributed by atoms with Gasteiger partial charge in [0, 0.05) is 30.4 Å². The van der Waals surface area contributed by atoms with Crippen molar-refractivity contribution in [1.82, 2.24) is 14.5 Å². The van der Waals surface area contributed by atoms with Crippen LogP contribution in [-0.2, 0) is 9.53 Å². The summed E-state index contributed by atoms with van der Waals surface area (Å²) in [7, 11) is 0. The summed E-state index contributed by atoms with van der Waals surface area (Å²) < 4.78 is 7.05. The second-order valence-electron chi connectivity index (χ2n) is 6.81. The molecule has 3 aromatic rings. The second kappa shape index (κ2) is 7.41. The number of rotatable bonds is 4. The molecule has 0 unspecified atom stereocenters. The normalized spacial score (nSPS) is 19.4. The molecule has 1 fully saturated rings. The highest BCUT2D eigenvalue weighted by molar-refractivity contribution is 6.36. The summed E-state index contributed by atoms with van der Waals surface area (Å²) in [6, 6.07) is 5.03. The number of esters is 1. The fraction of sp³-hybridized carbons (Fsp3) is 0.350. The first-order valence-electron chi connectivity index (χ1n) is 9.20. The standard InChI is InChI=1S/C20H21ClN4O3/c1-3-28-20(27)19-15(26)6-8-25(19)16-10-14(24-9-7-22-11-24)13-5-4-12(2)17(21)18(13)23-16/h4-5,7,9-11,15,19,26H,3,6,8H2,1-2H3/t15-,19-/m0/s1. The van der Waals surface area contributed by atoms with Gasteiger partial charge in [0.05, 0.1) is 35.3 Å². The number of carbonyl (C=O) groups is 1. The van der Waals surface area contributed by atoms with Crippen molar-refractivity contribution in [2.24, 2.45) is 0 Å². The lowest BCUT2D eigenvalue weighted by molar-refractivity contribution is -0.146. The molecule has 0 radical (unpaired) electrons. The first kappa shape index (κ1) is 18.7. The molecule has 8 heteroatoms. The van der Waals surface area contributed by atoms with Crippen LogP contribution in [0.4, 0.5) is 5.82 Å². The van der Waals surface area contributed by atoms with Gasteiger partial charge in [-0.25, -0.2) is 14.8 Å². The van der Waals surface area contributed by atoms with Crippen molar-refractivity contribution in [2.45, 2.75) is 32.4 Å². The summed E-state index contributed by atoms with van der Waals surface area (Å²) in [6.07, 6.45) is 4.90. The van der Waals surface area contributed by atoms with Gasteiger partial charge in [-0.1, -0.05) is 23.7 Å². The molecular weight excluding hydrogens is 380 g/mol. The van der Waals surface area contributed by atoms with Gasteiger partial charge >= 0.3 is 5.97 Å². The maximum Gasteiger partial charge on any atom is 0.331 e. The smallest absolute Gasteiger partial charge is 0.331 e. The zero-order chi connectivity index (χ0) is 19.8. The van der Waals surface area contributed by atoms with Crippen LogP contribution in [0.15, 0.2) is 36.9 Å². The van der Waals surface area contributed by atoms with Crippen molar-refractivity contribution >= 4 is 34.3 Å². The molecule has 0 bridgehead atoms. The van der Waals surface area contributed by atoms with E-state index >= 15 is 0 Å². The third-order valence-corrected chi connectivity index (χ3v) is 5.53. The van der Waals surface area contributed by atoms with E-state index in [-0.39, 0.29) is 6.61 Å². The van der Waals surface area contributed by atoms with Gasteiger partial charge < -0.3 is 19.3 Å². The van der Waals surface area contributed by atoms with Crippen LogP contribution in [0.1, 0.15) is 18.9 Å². The van der Waals surface area contributed by atoms with Crippen LogP contribution < -0.4 is 4.90 Å². The predicted molar refractivity (Wildman–Crippen MR) is 107 cm³/mol. The van der Waals surface area contributed by atoms with E-state index in [1.165, 1.54) is 0 Å². The number of aliphatic hydroxyl groups excluding tert-OH is 1. The number of imidazole rings is 1. The number of pyridine rings is 1. The third kappa shape index (κ3) is 3.10. The van der Waals surface area contributed by atoms with E-state index in [0.717, 1.165) is 16.6 Å². The highest BCUT2D eigenvalue weighted by atomic mass is 35.5. The Morgan fingerprint density at radius 1 is 1.43 bits per heavy atom. The van der Waals surface area contributed by atoms with E-state index in [1.54, 1.807) is 24.3 Å². The molecule has 0 aliphatic carbocycles. The molecule has 1 N–H and O–H groups in total. The van der Waals surface area contributed by atoms with E-state index in [0.29, 0.717) is 29.3 Å². The molecule has 1 aromatic carbocycles. The fourth-order valence-electron chi connectivity index (χ4n) is 3.64. The topological polar surface area (TPSA) is 80.5 Å². The summed E-state index contributed by atoms with van der Waals surface area (Å²) >= 11 is 6.57. The Balaban J connectivity index is 1.90. The number of fused-ring (bicyclic) bond motifs is 1. The average molecular weight is 401 g/mol. The summed E-state index contributed by atoms with van der Waals surface area (Å²) in [4.78, 5) is 23.1. The van der Waals surface area contributed by atoms with Crippen LogP contribution in [0.5, 0.6) is 0 Å². The number of aromatic nitrogens is 3. The van der Waals surface area contributed by atoms with E-state index in [4.69, 9.17) is 21.3 Å². The highest BCUT2D eigenvalue weighted by Gasteiger charge is 2.40. The molecule has 2 aromatic heterocycles. The Morgan fingerprint density at radius 2 is 2.25 bits per heavy atom. The van der Waals surface area contributed by atoms with Gasteiger partial charge in [-0.05, 0) is 25.8 Å². The van der Waals surface area contributed by atoms with Crippen molar-refractivity contribution < 1.29 is 14.6 Å². The number of aliphatic hydroxyl groups is 1. The van der Waals surface area contributed by atoms with Crippen LogP contribution in [0.2, 0.25) is 5.02 Å². The van der Waals surface area contributed by atoms with E-state index < -0.39 is 18.1 Å². The lowest BCUT2D eigenvalue weighted by atomic mass is 10.1. The van der Waals surface area contributed by atoms with Crippen LogP contribution in [0.25, 0.3) is 16.6 Å². The molecule has 1 saturated heterocycles. The minimum atomic E-state index is -0.804. The average Bonchev–Trinajstić information content (AvgIpc) is 3.34. The van der Waals surface area contributed by atoms with E-state index in [1.807, 2.05) is 35.9 Å². The molecule has 3 heterocycles. The molecule has 4 rings (SSSR count). The van der Waals surface area contributed by atoms with Gasteiger partial charge in [0.15, 0.2) is 6.04 Å². The Kier molecular flexibility index (Phi) is 4.95. The molecule has 1 aliphatic heterocycles. The van der Waals surface area contributed by atoms with Crippen LogP contribution in [-0.4, -0.2) is 50.9 Å². The molecule has 0 saturated carbocycles. The molecule has 2 atom stereocenters. The van der Waals surface area contributed by atoms with Gasteiger partial charge in [-0.3, -0.25) is 0 Å². The lowest BCUT2D eigenvalue weighted by Gasteiger charge is -2.26. The minimum absolute atomic E-state index is 0.256.